The van der Waals surface area contributed by atoms with Crippen LogP contribution in [0.1, 0.15) is 50.2 Å². The SMILES string of the molecule is Cc1ccc(OCC2CCN2CC2CC2)cc1C(C)C. The van der Waals surface area contributed by atoms with E-state index in [0.29, 0.717) is 12.0 Å². The zero-order valence-electron chi connectivity index (χ0n) is 13.1. The summed E-state index contributed by atoms with van der Waals surface area (Å²) < 4.78 is 6.05. The summed E-state index contributed by atoms with van der Waals surface area (Å²) in [7, 11) is 0. The summed E-state index contributed by atoms with van der Waals surface area (Å²) in [5.41, 5.74) is 2.78. The molecular weight excluding hydrogens is 246 g/mol. The van der Waals surface area contributed by atoms with Gasteiger partial charge in [-0.3, -0.25) is 4.90 Å². The lowest BCUT2D eigenvalue weighted by Crippen LogP contribution is -2.51. The van der Waals surface area contributed by atoms with Crippen molar-refractivity contribution >= 4 is 0 Å². The standard InChI is InChI=1S/C18H27NO/c1-13(2)18-10-17(7-4-14(18)3)20-12-16-8-9-19(16)11-15-5-6-15/h4,7,10,13,15-16H,5-6,8-9,11-12H2,1-3H3. The molecule has 0 radical (unpaired) electrons. The monoisotopic (exact) mass is 273 g/mol. The van der Waals surface area contributed by atoms with Crippen molar-refractivity contribution in [2.45, 2.75) is 52.0 Å². The Kier molecular flexibility index (Phi) is 4.02. The van der Waals surface area contributed by atoms with Crippen LogP contribution in [0.4, 0.5) is 0 Å². The van der Waals surface area contributed by atoms with Crippen molar-refractivity contribution in [3.63, 3.8) is 0 Å². The highest BCUT2D eigenvalue weighted by Crippen LogP contribution is 2.33. The van der Waals surface area contributed by atoms with Crippen molar-refractivity contribution in [1.29, 1.82) is 0 Å². The quantitative estimate of drug-likeness (QED) is 0.777. The summed E-state index contributed by atoms with van der Waals surface area (Å²) in [5, 5.41) is 0. The highest BCUT2D eigenvalue weighted by Gasteiger charge is 2.33. The van der Waals surface area contributed by atoms with Gasteiger partial charge in [-0.15, -0.1) is 0 Å². The van der Waals surface area contributed by atoms with E-state index in [-0.39, 0.29) is 0 Å². The van der Waals surface area contributed by atoms with Crippen LogP contribution in [0.25, 0.3) is 0 Å². The van der Waals surface area contributed by atoms with Crippen LogP contribution in [-0.4, -0.2) is 30.6 Å². The summed E-state index contributed by atoms with van der Waals surface area (Å²) in [6.45, 7) is 10.1. The molecule has 1 aliphatic carbocycles. The molecule has 1 unspecified atom stereocenters. The summed E-state index contributed by atoms with van der Waals surface area (Å²) >= 11 is 0. The Balaban J connectivity index is 1.54. The molecule has 20 heavy (non-hydrogen) atoms. The third-order valence-corrected chi connectivity index (χ3v) is 4.77. The topological polar surface area (TPSA) is 12.5 Å². The molecule has 0 aromatic heterocycles. The predicted octanol–water partition coefficient (Wildman–Crippen LogP) is 3.98. The van der Waals surface area contributed by atoms with Crippen LogP contribution in [0, 0.1) is 12.8 Å². The van der Waals surface area contributed by atoms with E-state index >= 15 is 0 Å². The lowest BCUT2D eigenvalue weighted by molar-refractivity contribution is 0.0466. The minimum Gasteiger partial charge on any atom is -0.492 e. The second kappa shape index (κ2) is 5.77. The number of hydrogen-bond acceptors (Lipinski definition) is 2. The molecule has 2 nitrogen and oxygen atoms in total. The van der Waals surface area contributed by atoms with Gasteiger partial charge < -0.3 is 4.74 Å². The molecule has 2 heteroatoms. The molecular formula is C18H27NO. The van der Waals surface area contributed by atoms with Crippen LogP contribution in [0.15, 0.2) is 18.2 Å². The van der Waals surface area contributed by atoms with Gasteiger partial charge in [-0.05, 0) is 61.3 Å². The molecule has 1 saturated heterocycles. The summed E-state index contributed by atoms with van der Waals surface area (Å²) in [4.78, 5) is 2.61. The Morgan fingerprint density at radius 2 is 2.05 bits per heavy atom. The first-order valence-corrected chi connectivity index (χ1v) is 8.11. The fourth-order valence-corrected chi connectivity index (χ4v) is 3.08. The average molecular weight is 273 g/mol. The molecule has 1 aromatic carbocycles. The normalized spacial score (nSPS) is 22.9. The number of likely N-dealkylation sites (tertiary alicyclic amines) is 1. The molecule has 2 fully saturated rings. The fourth-order valence-electron chi connectivity index (χ4n) is 3.08. The first kappa shape index (κ1) is 13.9. The van der Waals surface area contributed by atoms with E-state index in [4.69, 9.17) is 4.74 Å². The van der Waals surface area contributed by atoms with E-state index in [1.165, 1.54) is 43.5 Å². The minimum atomic E-state index is 0.564. The molecule has 0 N–H and O–H groups in total. The van der Waals surface area contributed by atoms with Gasteiger partial charge in [0.15, 0.2) is 0 Å². The van der Waals surface area contributed by atoms with Crippen molar-refractivity contribution in [2.24, 2.45) is 5.92 Å². The summed E-state index contributed by atoms with van der Waals surface area (Å²) in [6.07, 6.45) is 4.19. The van der Waals surface area contributed by atoms with Gasteiger partial charge in [-0.25, -0.2) is 0 Å². The molecule has 1 atom stereocenters. The summed E-state index contributed by atoms with van der Waals surface area (Å²) in [5.74, 6) is 2.59. The smallest absolute Gasteiger partial charge is 0.119 e. The number of hydrogen-bond donors (Lipinski definition) is 0. The lowest BCUT2D eigenvalue weighted by Gasteiger charge is -2.40. The molecule has 2 aliphatic rings. The molecule has 0 amide bonds. The highest BCUT2D eigenvalue weighted by atomic mass is 16.5. The number of ether oxygens (including phenoxy) is 1. The Hall–Kier alpha value is -1.02. The molecule has 3 rings (SSSR count). The number of aryl methyl sites for hydroxylation is 1. The van der Waals surface area contributed by atoms with Gasteiger partial charge in [0.2, 0.25) is 0 Å². The van der Waals surface area contributed by atoms with E-state index in [9.17, 15) is 0 Å². The van der Waals surface area contributed by atoms with Gasteiger partial charge >= 0.3 is 0 Å². The van der Waals surface area contributed by atoms with Crippen LogP contribution >= 0.6 is 0 Å². The van der Waals surface area contributed by atoms with Crippen LogP contribution in [0.5, 0.6) is 5.75 Å². The van der Waals surface area contributed by atoms with E-state index in [1.807, 2.05) is 0 Å². The number of nitrogens with zero attached hydrogens (tertiary/aromatic N) is 1. The second-order valence-electron chi connectivity index (χ2n) is 6.86. The first-order chi connectivity index (χ1) is 9.63. The Labute approximate surface area is 123 Å². The zero-order valence-corrected chi connectivity index (χ0v) is 13.1. The Morgan fingerprint density at radius 3 is 2.65 bits per heavy atom. The molecule has 1 heterocycles. The maximum absolute atomic E-state index is 6.05. The second-order valence-corrected chi connectivity index (χ2v) is 6.86. The first-order valence-electron chi connectivity index (χ1n) is 8.11. The van der Waals surface area contributed by atoms with Gasteiger partial charge in [0.25, 0.3) is 0 Å². The zero-order chi connectivity index (χ0) is 14.1. The van der Waals surface area contributed by atoms with Gasteiger partial charge in [0.1, 0.15) is 12.4 Å². The molecule has 0 spiro atoms. The predicted molar refractivity (Wildman–Crippen MR) is 83.5 cm³/mol. The molecule has 0 bridgehead atoms. The van der Waals surface area contributed by atoms with Crippen molar-refractivity contribution < 1.29 is 4.74 Å². The Bertz CT molecular complexity index is 464. The number of rotatable bonds is 6. The van der Waals surface area contributed by atoms with E-state index < -0.39 is 0 Å². The van der Waals surface area contributed by atoms with Crippen LogP contribution < -0.4 is 4.74 Å². The minimum absolute atomic E-state index is 0.564. The van der Waals surface area contributed by atoms with Crippen molar-refractivity contribution in [3.05, 3.63) is 29.3 Å². The van der Waals surface area contributed by atoms with Gasteiger partial charge in [-0.1, -0.05) is 19.9 Å². The average Bonchev–Trinajstić information content (AvgIpc) is 3.20. The molecule has 1 saturated carbocycles. The Morgan fingerprint density at radius 1 is 1.25 bits per heavy atom. The highest BCUT2D eigenvalue weighted by molar-refractivity contribution is 5.36. The summed E-state index contributed by atoms with van der Waals surface area (Å²) in [6, 6.07) is 7.18. The third-order valence-electron chi connectivity index (χ3n) is 4.77. The van der Waals surface area contributed by atoms with Crippen molar-refractivity contribution in [3.8, 4) is 5.75 Å². The third kappa shape index (κ3) is 3.17. The van der Waals surface area contributed by atoms with E-state index in [1.54, 1.807) is 0 Å². The molecule has 1 aliphatic heterocycles. The van der Waals surface area contributed by atoms with Crippen LogP contribution in [-0.2, 0) is 0 Å². The van der Waals surface area contributed by atoms with E-state index in [0.717, 1.165) is 18.3 Å². The maximum atomic E-state index is 6.05. The largest absolute Gasteiger partial charge is 0.492 e. The van der Waals surface area contributed by atoms with Crippen molar-refractivity contribution in [1.82, 2.24) is 4.90 Å². The number of benzene rings is 1. The van der Waals surface area contributed by atoms with Gasteiger partial charge in [0, 0.05) is 19.1 Å². The van der Waals surface area contributed by atoms with Crippen LogP contribution in [0.3, 0.4) is 0 Å². The lowest BCUT2D eigenvalue weighted by atomic mass is 9.98. The van der Waals surface area contributed by atoms with Gasteiger partial charge in [-0.2, -0.15) is 0 Å². The molecule has 110 valence electrons. The van der Waals surface area contributed by atoms with E-state index in [2.05, 4.69) is 43.9 Å². The molecule has 1 aromatic rings. The maximum Gasteiger partial charge on any atom is 0.119 e. The van der Waals surface area contributed by atoms with Crippen LogP contribution in [0.2, 0.25) is 0 Å². The van der Waals surface area contributed by atoms with Gasteiger partial charge in [0.05, 0.1) is 0 Å². The fraction of sp³-hybridized carbons (Fsp3) is 0.667. The van der Waals surface area contributed by atoms with Crippen molar-refractivity contribution in [2.75, 3.05) is 19.7 Å².